The highest BCUT2D eigenvalue weighted by molar-refractivity contribution is 5.92. The van der Waals surface area contributed by atoms with Crippen LogP contribution in [0.3, 0.4) is 0 Å². The molecule has 116 valence electrons. The van der Waals surface area contributed by atoms with E-state index in [-0.39, 0.29) is 17.7 Å². The van der Waals surface area contributed by atoms with Gasteiger partial charge in [-0.2, -0.15) is 0 Å². The van der Waals surface area contributed by atoms with E-state index >= 15 is 0 Å². The molecule has 1 aliphatic heterocycles. The number of nitrogens with one attached hydrogen (secondary N) is 1. The third-order valence-corrected chi connectivity index (χ3v) is 4.09. The third-order valence-electron chi connectivity index (χ3n) is 4.09. The Hall–Kier alpha value is -1.62. The van der Waals surface area contributed by atoms with Crippen molar-refractivity contribution < 1.29 is 4.79 Å². The number of anilines is 2. The molecule has 2 rings (SSSR count). The fourth-order valence-corrected chi connectivity index (χ4v) is 2.69. The number of pyridine rings is 1. The standard InChI is InChI=1S/C16H26N4O/c1-12(2)14(10-17)16(21)19-13-6-7-15(18-11-13)20-8-4-3-5-9-20/h6-7,11-12,14H,3-5,8-10,17H2,1-2H3,(H,19,21). The fourth-order valence-electron chi connectivity index (χ4n) is 2.69. The van der Waals surface area contributed by atoms with Gasteiger partial charge in [-0.05, 0) is 37.3 Å². The summed E-state index contributed by atoms with van der Waals surface area (Å²) in [5.41, 5.74) is 6.40. The normalized spacial score (nSPS) is 16.9. The Bertz CT molecular complexity index is 452. The van der Waals surface area contributed by atoms with Crippen LogP contribution in [0.25, 0.3) is 0 Å². The number of carbonyl (C=O) groups is 1. The van der Waals surface area contributed by atoms with Crippen molar-refractivity contribution in [1.82, 2.24) is 4.98 Å². The molecule has 0 bridgehead atoms. The number of aromatic nitrogens is 1. The first-order chi connectivity index (χ1) is 10.1. The number of hydrogen-bond donors (Lipinski definition) is 2. The van der Waals surface area contributed by atoms with E-state index in [9.17, 15) is 4.79 Å². The predicted octanol–water partition coefficient (Wildman–Crippen LogP) is 2.24. The van der Waals surface area contributed by atoms with Crippen LogP contribution in [0.15, 0.2) is 18.3 Å². The molecule has 0 aliphatic carbocycles. The van der Waals surface area contributed by atoms with Crippen LogP contribution < -0.4 is 16.0 Å². The highest BCUT2D eigenvalue weighted by Crippen LogP contribution is 2.19. The molecule has 1 aliphatic rings. The lowest BCUT2D eigenvalue weighted by atomic mass is 9.95. The molecule has 1 aromatic heterocycles. The number of hydrogen-bond acceptors (Lipinski definition) is 4. The van der Waals surface area contributed by atoms with E-state index in [4.69, 9.17) is 5.73 Å². The van der Waals surface area contributed by atoms with Crippen LogP contribution in [-0.4, -0.2) is 30.5 Å². The highest BCUT2D eigenvalue weighted by Gasteiger charge is 2.20. The first kappa shape index (κ1) is 15.8. The number of amides is 1. The minimum atomic E-state index is -0.160. The Kier molecular flexibility index (Phi) is 5.56. The average molecular weight is 290 g/mol. The van der Waals surface area contributed by atoms with Crippen molar-refractivity contribution in [2.45, 2.75) is 33.1 Å². The van der Waals surface area contributed by atoms with Gasteiger partial charge in [-0.1, -0.05) is 13.8 Å². The van der Waals surface area contributed by atoms with Gasteiger partial charge in [0.15, 0.2) is 0 Å². The van der Waals surface area contributed by atoms with Gasteiger partial charge in [-0.25, -0.2) is 4.98 Å². The van der Waals surface area contributed by atoms with Crippen molar-refractivity contribution in [1.29, 1.82) is 0 Å². The van der Waals surface area contributed by atoms with Gasteiger partial charge in [0, 0.05) is 19.6 Å². The van der Waals surface area contributed by atoms with Gasteiger partial charge in [0.05, 0.1) is 17.8 Å². The van der Waals surface area contributed by atoms with Crippen LogP contribution in [0.5, 0.6) is 0 Å². The zero-order valence-corrected chi connectivity index (χ0v) is 13.0. The fraction of sp³-hybridized carbons (Fsp3) is 0.625. The molecule has 1 aromatic rings. The second-order valence-electron chi connectivity index (χ2n) is 6.03. The summed E-state index contributed by atoms with van der Waals surface area (Å²) in [5, 5.41) is 2.90. The number of nitrogens with two attached hydrogens (primary N) is 1. The maximum absolute atomic E-state index is 12.1. The summed E-state index contributed by atoms with van der Waals surface area (Å²) >= 11 is 0. The quantitative estimate of drug-likeness (QED) is 0.872. The van der Waals surface area contributed by atoms with Gasteiger partial charge in [0.1, 0.15) is 5.82 Å². The van der Waals surface area contributed by atoms with E-state index in [1.54, 1.807) is 6.20 Å². The Labute approximate surface area is 126 Å². The molecule has 1 fully saturated rings. The summed E-state index contributed by atoms with van der Waals surface area (Å²) in [6.07, 6.45) is 5.50. The smallest absolute Gasteiger partial charge is 0.229 e. The molecule has 1 amide bonds. The second-order valence-corrected chi connectivity index (χ2v) is 6.03. The first-order valence-electron chi connectivity index (χ1n) is 7.83. The summed E-state index contributed by atoms with van der Waals surface area (Å²) in [5.74, 6) is 1.04. The molecule has 2 heterocycles. The average Bonchev–Trinajstić information content (AvgIpc) is 2.49. The van der Waals surface area contributed by atoms with Crippen LogP contribution in [0.2, 0.25) is 0 Å². The first-order valence-corrected chi connectivity index (χ1v) is 7.83. The summed E-state index contributed by atoms with van der Waals surface area (Å²) in [6.45, 7) is 6.52. The van der Waals surface area contributed by atoms with Gasteiger partial charge < -0.3 is 16.0 Å². The van der Waals surface area contributed by atoms with Crippen LogP contribution >= 0.6 is 0 Å². The van der Waals surface area contributed by atoms with Crippen molar-refractivity contribution in [3.63, 3.8) is 0 Å². The van der Waals surface area contributed by atoms with Crippen molar-refractivity contribution in [3.8, 4) is 0 Å². The summed E-state index contributed by atoms with van der Waals surface area (Å²) in [4.78, 5) is 18.9. The number of rotatable bonds is 5. The van der Waals surface area contributed by atoms with E-state index in [1.165, 1.54) is 19.3 Å². The molecule has 0 aromatic carbocycles. The lowest BCUT2D eigenvalue weighted by Crippen LogP contribution is -2.33. The Morgan fingerprint density at radius 3 is 2.57 bits per heavy atom. The molecule has 1 unspecified atom stereocenters. The van der Waals surface area contributed by atoms with Crippen LogP contribution in [0.1, 0.15) is 33.1 Å². The molecule has 0 radical (unpaired) electrons. The second kappa shape index (κ2) is 7.41. The Morgan fingerprint density at radius 2 is 2.05 bits per heavy atom. The van der Waals surface area contributed by atoms with E-state index in [1.807, 2.05) is 26.0 Å². The number of nitrogens with zero attached hydrogens (tertiary/aromatic N) is 2. The monoisotopic (exact) mass is 290 g/mol. The van der Waals surface area contributed by atoms with Gasteiger partial charge in [-0.15, -0.1) is 0 Å². The highest BCUT2D eigenvalue weighted by atomic mass is 16.1. The van der Waals surface area contributed by atoms with Crippen molar-refractivity contribution in [2.75, 3.05) is 29.9 Å². The molecule has 0 spiro atoms. The molecule has 1 saturated heterocycles. The summed E-state index contributed by atoms with van der Waals surface area (Å²) in [6, 6.07) is 3.90. The molecule has 5 heteroatoms. The molecule has 1 atom stereocenters. The van der Waals surface area contributed by atoms with Gasteiger partial charge >= 0.3 is 0 Å². The SMILES string of the molecule is CC(C)C(CN)C(=O)Nc1ccc(N2CCCCC2)nc1. The van der Waals surface area contributed by atoms with Gasteiger partial charge in [-0.3, -0.25) is 4.79 Å². The van der Waals surface area contributed by atoms with E-state index in [2.05, 4.69) is 15.2 Å². The Morgan fingerprint density at radius 1 is 1.33 bits per heavy atom. The van der Waals surface area contributed by atoms with Crippen LogP contribution in [0, 0.1) is 11.8 Å². The van der Waals surface area contributed by atoms with Gasteiger partial charge in [0.2, 0.25) is 5.91 Å². The van der Waals surface area contributed by atoms with E-state index in [0.29, 0.717) is 6.54 Å². The maximum atomic E-state index is 12.1. The molecule has 0 saturated carbocycles. The molecule has 3 N–H and O–H groups in total. The summed E-state index contributed by atoms with van der Waals surface area (Å²) < 4.78 is 0. The molecule has 5 nitrogen and oxygen atoms in total. The molecular weight excluding hydrogens is 264 g/mol. The topological polar surface area (TPSA) is 71.2 Å². The molecular formula is C16H26N4O. The zero-order chi connectivity index (χ0) is 15.2. The minimum Gasteiger partial charge on any atom is -0.357 e. The Balaban J connectivity index is 1.97. The lowest BCUT2D eigenvalue weighted by molar-refractivity contribution is -0.120. The predicted molar refractivity (Wildman–Crippen MR) is 86.3 cm³/mol. The van der Waals surface area contributed by atoms with Gasteiger partial charge in [0.25, 0.3) is 0 Å². The third kappa shape index (κ3) is 4.17. The summed E-state index contributed by atoms with van der Waals surface area (Å²) in [7, 11) is 0. The largest absolute Gasteiger partial charge is 0.357 e. The maximum Gasteiger partial charge on any atom is 0.229 e. The number of carbonyl (C=O) groups excluding carboxylic acids is 1. The van der Waals surface area contributed by atoms with E-state index < -0.39 is 0 Å². The van der Waals surface area contributed by atoms with E-state index in [0.717, 1.165) is 24.6 Å². The molecule has 21 heavy (non-hydrogen) atoms. The zero-order valence-electron chi connectivity index (χ0n) is 13.0. The van der Waals surface area contributed by atoms with Crippen molar-refractivity contribution in [2.24, 2.45) is 17.6 Å². The lowest BCUT2D eigenvalue weighted by Gasteiger charge is -2.27. The van der Waals surface area contributed by atoms with Crippen LogP contribution in [0.4, 0.5) is 11.5 Å². The van der Waals surface area contributed by atoms with Crippen molar-refractivity contribution in [3.05, 3.63) is 18.3 Å². The minimum absolute atomic E-state index is 0.0278. The number of piperidine rings is 1. The van der Waals surface area contributed by atoms with Crippen LogP contribution in [-0.2, 0) is 4.79 Å². The van der Waals surface area contributed by atoms with Crippen molar-refractivity contribution >= 4 is 17.4 Å².